The SMILES string of the molecule is CCCCNC(=O)[C@H](CC)N(Cc1cccc(OC)c1)C(=O)CN(c1ccc(OCC)cc1)S(=O)(=O)c1ccc(C)cc1. The summed E-state index contributed by atoms with van der Waals surface area (Å²) in [5.41, 5.74) is 1.97. The molecule has 3 aromatic rings. The number of benzene rings is 3. The van der Waals surface area contributed by atoms with Crippen molar-refractivity contribution in [1.29, 1.82) is 0 Å². The molecule has 3 rings (SSSR count). The first-order valence-electron chi connectivity index (χ1n) is 14.7. The highest BCUT2D eigenvalue weighted by molar-refractivity contribution is 7.92. The largest absolute Gasteiger partial charge is 0.497 e. The molecule has 0 aliphatic heterocycles. The number of anilines is 1. The Balaban J connectivity index is 2.05. The van der Waals surface area contributed by atoms with E-state index in [2.05, 4.69) is 5.32 Å². The maximum atomic E-state index is 14.2. The van der Waals surface area contributed by atoms with Crippen LogP contribution < -0.4 is 19.1 Å². The Morgan fingerprint density at radius 1 is 0.930 bits per heavy atom. The smallest absolute Gasteiger partial charge is 0.264 e. The number of carbonyl (C=O) groups is 2. The summed E-state index contributed by atoms with van der Waals surface area (Å²) in [7, 11) is -2.60. The average molecular weight is 610 g/mol. The topological polar surface area (TPSA) is 105 Å². The third-order valence-corrected chi connectivity index (χ3v) is 8.81. The lowest BCUT2D eigenvalue weighted by molar-refractivity contribution is -0.140. The van der Waals surface area contributed by atoms with Gasteiger partial charge < -0.3 is 19.7 Å². The summed E-state index contributed by atoms with van der Waals surface area (Å²) >= 11 is 0. The predicted molar refractivity (Wildman–Crippen MR) is 169 cm³/mol. The van der Waals surface area contributed by atoms with Crippen LogP contribution in [0.3, 0.4) is 0 Å². The van der Waals surface area contributed by atoms with Gasteiger partial charge in [0, 0.05) is 13.1 Å². The number of nitrogens with one attached hydrogen (secondary N) is 1. The van der Waals surface area contributed by atoms with Crippen LogP contribution >= 0.6 is 0 Å². The second kappa shape index (κ2) is 16.0. The number of ether oxygens (including phenoxy) is 2. The lowest BCUT2D eigenvalue weighted by atomic mass is 10.1. The molecule has 0 heterocycles. The van der Waals surface area contributed by atoms with E-state index in [9.17, 15) is 18.0 Å². The van der Waals surface area contributed by atoms with Crippen LogP contribution in [0.4, 0.5) is 5.69 Å². The zero-order valence-corrected chi connectivity index (χ0v) is 26.5. The third-order valence-electron chi connectivity index (χ3n) is 7.03. The van der Waals surface area contributed by atoms with E-state index in [1.165, 1.54) is 17.0 Å². The molecule has 0 saturated heterocycles. The van der Waals surface area contributed by atoms with Crippen LogP contribution in [0.5, 0.6) is 11.5 Å². The predicted octanol–water partition coefficient (Wildman–Crippen LogP) is 5.32. The van der Waals surface area contributed by atoms with Crippen molar-refractivity contribution in [2.45, 2.75) is 64.4 Å². The van der Waals surface area contributed by atoms with Crippen LogP contribution in [0.25, 0.3) is 0 Å². The zero-order valence-electron chi connectivity index (χ0n) is 25.7. The quantitative estimate of drug-likeness (QED) is 0.221. The Morgan fingerprint density at radius 3 is 2.23 bits per heavy atom. The van der Waals surface area contributed by atoms with E-state index in [0.717, 1.165) is 28.3 Å². The normalized spacial score (nSPS) is 11.8. The van der Waals surface area contributed by atoms with Crippen molar-refractivity contribution in [2.75, 3.05) is 31.1 Å². The molecule has 0 fully saturated rings. The van der Waals surface area contributed by atoms with Gasteiger partial charge in [0.2, 0.25) is 11.8 Å². The fraction of sp³-hybridized carbons (Fsp3) is 0.394. The second-order valence-corrected chi connectivity index (χ2v) is 12.1. The lowest BCUT2D eigenvalue weighted by Gasteiger charge is -2.33. The average Bonchev–Trinajstić information content (AvgIpc) is 3.00. The molecule has 43 heavy (non-hydrogen) atoms. The minimum Gasteiger partial charge on any atom is -0.497 e. The van der Waals surface area contributed by atoms with Gasteiger partial charge in [-0.2, -0.15) is 0 Å². The number of hydrogen-bond acceptors (Lipinski definition) is 6. The van der Waals surface area contributed by atoms with E-state index < -0.39 is 28.5 Å². The highest BCUT2D eigenvalue weighted by Gasteiger charge is 2.33. The highest BCUT2D eigenvalue weighted by atomic mass is 32.2. The van der Waals surface area contributed by atoms with Gasteiger partial charge in [0.1, 0.15) is 24.1 Å². The fourth-order valence-corrected chi connectivity index (χ4v) is 6.05. The Morgan fingerprint density at radius 2 is 1.63 bits per heavy atom. The van der Waals surface area contributed by atoms with Gasteiger partial charge in [-0.15, -0.1) is 0 Å². The molecule has 9 nitrogen and oxygen atoms in total. The number of sulfonamides is 1. The van der Waals surface area contributed by atoms with Crippen LogP contribution in [0, 0.1) is 6.92 Å². The molecule has 0 aromatic heterocycles. The van der Waals surface area contributed by atoms with Crippen molar-refractivity contribution in [3.05, 3.63) is 83.9 Å². The maximum Gasteiger partial charge on any atom is 0.264 e. The molecule has 0 radical (unpaired) electrons. The molecule has 0 aliphatic carbocycles. The minimum atomic E-state index is -4.15. The number of aryl methyl sites for hydroxylation is 1. The molecule has 0 spiro atoms. The molecular weight excluding hydrogens is 566 g/mol. The van der Waals surface area contributed by atoms with Gasteiger partial charge in [-0.3, -0.25) is 13.9 Å². The number of hydrogen-bond donors (Lipinski definition) is 1. The summed E-state index contributed by atoms with van der Waals surface area (Å²) in [4.78, 5) is 29.1. The van der Waals surface area contributed by atoms with E-state index in [1.807, 2.05) is 39.8 Å². The number of methoxy groups -OCH3 is 1. The van der Waals surface area contributed by atoms with Gasteiger partial charge in [0.25, 0.3) is 10.0 Å². The summed E-state index contributed by atoms with van der Waals surface area (Å²) in [5, 5.41) is 2.94. The van der Waals surface area contributed by atoms with E-state index in [4.69, 9.17) is 9.47 Å². The molecule has 1 atom stereocenters. The van der Waals surface area contributed by atoms with Crippen molar-refractivity contribution in [1.82, 2.24) is 10.2 Å². The van der Waals surface area contributed by atoms with Crippen molar-refractivity contribution in [2.24, 2.45) is 0 Å². The summed E-state index contributed by atoms with van der Waals surface area (Å²) in [5.74, 6) is 0.411. The summed E-state index contributed by atoms with van der Waals surface area (Å²) in [6, 6.07) is 19.5. The Kier molecular flexibility index (Phi) is 12.4. The Hall–Kier alpha value is -4.05. The monoisotopic (exact) mass is 609 g/mol. The second-order valence-electron chi connectivity index (χ2n) is 10.2. The number of amides is 2. The van der Waals surface area contributed by atoms with Crippen molar-refractivity contribution >= 4 is 27.5 Å². The molecule has 232 valence electrons. The van der Waals surface area contributed by atoms with Gasteiger partial charge >= 0.3 is 0 Å². The van der Waals surface area contributed by atoms with Crippen LogP contribution in [0.1, 0.15) is 51.2 Å². The number of carbonyl (C=O) groups excluding carboxylic acids is 2. The van der Waals surface area contributed by atoms with Crippen LogP contribution in [-0.4, -0.2) is 58.0 Å². The maximum absolute atomic E-state index is 14.2. The van der Waals surface area contributed by atoms with E-state index in [1.54, 1.807) is 55.6 Å². The summed E-state index contributed by atoms with van der Waals surface area (Å²) in [6.45, 7) is 8.14. The van der Waals surface area contributed by atoms with Crippen LogP contribution in [0.2, 0.25) is 0 Å². The standard InChI is InChI=1S/C33H43N3O6S/c1-6-9-21-34-33(38)31(7-2)35(23-26-11-10-12-29(22-26)41-5)32(37)24-36(27-15-17-28(18-16-27)42-8-3)43(39,40)30-19-13-25(4)14-20-30/h10-20,22,31H,6-9,21,23-24H2,1-5H3,(H,34,38)/t31-/m0/s1. The first kappa shape index (κ1) is 33.5. The Labute approximate surface area is 255 Å². The van der Waals surface area contributed by atoms with E-state index in [-0.39, 0.29) is 17.3 Å². The van der Waals surface area contributed by atoms with Crippen molar-refractivity contribution in [3.8, 4) is 11.5 Å². The molecule has 0 aliphatic rings. The highest BCUT2D eigenvalue weighted by Crippen LogP contribution is 2.27. The zero-order chi connectivity index (χ0) is 31.4. The number of nitrogens with zero attached hydrogens (tertiary/aromatic N) is 2. The van der Waals surface area contributed by atoms with Crippen molar-refractivity contribution in [3.63, 3.8) is 0 Å². The third kappa shape index (κ3) is 8.97. The molecule has 1 N–H and O–H groups in total. The molecule has 0 unspecified atom stereocenters. The van der Waals surface area contributed by atoms with Crippen molar-refractivity contribution < 1.29 is 27.5 Å². The van der Waals surface area contributed by atoms with Gasteiger partial charge in [0.05, 0.1) is 24.3 Å². The first-order chi connectivity index (χ1) is 20.6. The fourth-order valence-electron chi connectivity index (χ4n) is 4.63. The van der Waals surface area contributed by atoms with Gasteiger partial charge in [-0.1, -0.05) is 50.1 Å². The van der Waals surface area contributed by atoms with Gasteiger partial charge in [-0.25, -0.2) is 8.42 Å². The number of unbranched alkanes of at least 4 members (excludes halogenated alkanes) is 1. The van der Waals surface area contributed by atoms with E-state index in [0.29, 0.717) is 36.8 Å². The van der Waals surface area contributed by atoms with Crippen LogP contribution in [0.15, 0.2) is 77.7 Å². The van der Waals surface area contributed by atoms with Gasteiger partial charge in [0.15, 0.2) is 0 Å². The molecule has 3 aromatic carbocycles. The summed E-state index contributed by atoms with van der Waals surface area (Å²) < 4.78 is 40.1. The lowest BCUT2D eigenvalue weighted by Crippen LogP contribution is -2.52. The summed E-state index contributed by atoms with van der Waals surface area (Å²) in [6.07, 6.45) is 2.07. The molecule has 0 saturated carbocycles. The first-order valence-corrected chi connectivity index (χ1v) is 16.1. The van der Waals surface area contributed by atoms with Crippen LogP contribution in [-0.2, 0) is 26.2 Å². The Bertz CT molecular complexity index is 1440. The van der Waals surface area contributed by atoms with E-state index >= 15 is 0 Å². The minimum absolute atomic E-state index is 0.0588. The molecule has 0 bridgehead atoms. The van der Waals surface area contributed by atoms with Gasteiger partial charge in [-0.05, 0) is 80.8 Å². The molecule has 10 heteroatoms. The molecular formula is C33H43N3O6S. The molecule has 2 amide bonds. The number of rotatable bonds is 16.